The number of aliphatic hydroxyl groups is 2. The molecule has 0 saturated carbocycles. The first-order chi connectivity index (χ1) is 8.80. The fourth-order valence-electron chi connectivity index (χ4n) is 1.53. The Balaban J connectivity index is 4.58. The highest BCUT2D eigenvalue weighted by molar-refractivity contribution is 6.74. The Morgan fingerprint density at radius 2 is 1.55 bits per heavy atom. The Morgan fingerprint density at radius 3 is 1.90 bits per heavy atom. The smallest absolute Gasteiger partial charge is 0.192 e. The summed E-state index contributed by atoms with van der Waals surface area (Å²) < 4.78 is 12.0. The van der Waals surface area contributed by atoms with Crippen LogP contribution in [0.5, 0.6) is 0 Å². The van der Waals surface area contributed by atoms with Crippen LogP contribution in [0.1, 0.15) is 27.2 Å². The van der Waals surface area contributed by atoms with Crippen molar-refractivity contribution in [2.75, 3.05) is 13.2 Å². The lowest BCUT2D eigenvalue weighted by Crippen LogP contribution is -2.46. The molecule has 0 aliphatic carbocycles. The van der Waals surface area contributed by atoms with Crippen LogP contribution in [0.3, 0.4) is 0 Å². The van der Waals surface area contributed by atoms with Crippen LogP contribution in [0.2, 0.25) is 37.8 Å². The molecule has 0 heterocycles. The normalized spacial score (nSPS) is 17.1. The largest absolute Gasteiger partial charge is 0.414 e. The van der Waals surface area contributed by atoms with Gasteiger partial charge < -0.3 is 19.1 Å². The Labute approximate surface area is 126 Å². The molecule has 0 radical (unpaired) electrons. The summed E-state index contributed by atoms with van der Waals surface area (Å²) in [5.74, 6) is 0. The molecule has 0 aromatic carbocycles. The van der Waals surface area contributed by atoms with Crippen molar-refractivity contribution in [1.82, 2.24) is 0 Å². The van der Waals surface area contributed by atoms with Crippen LogP contribution in [0, 0.1) is 0 Å². The van der Waals surface area contributed by atoms with Crippen molar-refractivity contribution in [3.8, 4) is 0 Å². The molecule has 0 aromatic heterocycles. The van der Waals surface area contributed by atoms with Gasteiger partial charge >= 0.3 is 0 Å². The summed E-state index contributed by atoms with van der Waals surface area (Å²) in [4.78, 5) is 0. The second kappa shape index (κ2) is 7.51. The fraction of sp³-hybridized carbons (Fsp3) is 1.00. The summed E-state index contributed by atoms with van der Waals surface area (Å²) in [6, 6.07) is 0. The molecule has 0 unspecified atom stereocenters. The fourth-order valence-corrected chi connectivity index (χ4v) is 3.73. The van der Waals surface area contributed by atoms with Crippen LogP contribution in [0.25, 0.3) is 0 Å². The molecule has 20 heavy (non-hydrogen) atoms. The average molecular weight is 323 g/mol. The number of rotatable bonds is 8. The van der Waals surface area contributed by atoms with Gasteiger partial charge in [0.1, 0.15) is 6.10 Å². The SMILES string of the molecule is CC(C)(C)[Si](C)(C)OC[C@@H](O)[C@H](CCO)O[Si](C)(C)C. The van der Waals surface area contributed by atoms with Crippen molar-refractivity contribution in [3.63, 3.8) is 0 Å². The predicted octanol–water partition coefficient (Wildman–Crippen LogP) is 2.97. The highest BCUT2D eigenvalue weighted by atomic mass is 28.4. The van der Waals surface area contributed by atoms with Gasteiger partial charge in [-0.25, -0.2) is 0 Å². The molecule has 0 rings (SSSR count). The molecule has 122 valence electrons. The standard InChI is InChI=1S/C14H34O4Si2/c1-14(2,3)20(7,8)17-11-12(16)13(9-10-15)18-19(4,5)6/h12-13,15-16H,9-11H2,1-8H3/t12-,13+/m1/s1. The average Bonchev–Trinajstić information content (AvgIpc) is 2.22. The lowest BCUT2D eigenvalue weighted by molar-refractivity contribution is -0.0115. The van der Waals surface area contributed by atoms with Crippen molar-refractivity contribution in [2.45, 2.75) is 77.2 Å². The summed E-state index contributed by atoms with van der Waals surface area (Å²) in [6.45, 7) is 17.4. The zero-order chi connectivity index (χ0) is 16.2. The van der Waals surface area contributed by atoms with Crippen molar-refractivity contribution < 1.29 is 19.1 Å². The van der Waals surface area contributed by atoms with Gasteiger partial charge in [-0.2, -0.15) is 0 Å². The molecule has 2 N–H and O–H groups in total. The maximum atomic E-state index is 10.3. The first-order valence-corrected chi connectivity index (χ1v) is 13.7. The van der Waals surface area contributed by atoms with Gasteiger partial charge in [0.25, 0.3) is 0 Å². The molecule has 0 aromatic rings. The van der Waals surface area contributed by atoms with Crippen molar-refractivity contribution in [2.24, 2.45) is 0 Å². The highest BCUT2D eigenvalue weighted by Crippen LogP contribution is 2.36. The minimum atomic E-state index is -1.86. The van der Waals surface area contributed by atoms with E-state index in [9.17, 15) is 5.11 Å². The minimum absolute atomic E-state index is 0.0201. The molecule has 4 nitrogen and oxygen atoms in total. The Kier molecular flexibility index (Phi) is 7.61. The molecule has 6 heteroatoms. The molecule has 2 atom stereocenters. The topological polar surface area (TPSA) is 58.9 Å². The molecular formula is C14H34O4Si2. The summed E-state index contributed by atoms with van der Waals surface area (Å²) >= 11 is 0. The summed E-state index contributed by atoms with van der Waals surface area (Å²) in [5.41, 5.74) is 0. The number of hydrogen-bond acceptors (Lipinski definition) is 4. The molecular weight excluding hydrogens is 288 g/mol. The van der Waals surface area contributed by atoms with Crippen LogP contribution in [-0.4, -0.2) is 52.3 Å². The van der Waals surface area contributed by atoms with Crippen molar-refractivity contribution in [1.29, 1.82) is 0 Å². The predicted molar refractivity (Wildman–Crippen MR) is 89.1 cm³/mol. The van der Waals surface area contributed by atoms with E-state index in [-0.39, 0.29) is 24.4 Å². The van der Waals surface area contributed by atoms with Gasteiger partial charge in [-0.3, -0.25) is 0 Å². The molecule has 0 amide bonds. The van der Waals surface area contributed by atoms with E-state index in [1.165, 1.54) is 0 Å². The first kappa shape index (κ1) is 20.3. The summed E-state index contributed by atoms with van der Waals surface area (Å²) in [5, 5.41) is 19.6. The van der Waals surface area contributed by atoms with Crippen molar-refractivity contribution >= 4 is 16.6 Å². The molecule has 0 bridgehead atoms. The van der Waals surface area contributed by atoms with Crippen LogP contribution in [0.15, 0.2) is 0 Å². The van der Waals surface area contributed by atoms with E-state index in [1.54, 1.807) is 0 Å². The second-order valence-corrected chi connectivity index (χ2v) is 17.2. The van der Waals surface area contributed by atoms with Crippen LogP contribution in [-0.2, 0) is 8.85 Å². The highest BCUT2D eigenvalue weighted by Gasteiger charge is 2.38. The molecule has 0 spiro atoms. The maximum absolute atomic E-state index is 10.3. The third-order valence-corrected chi connectivity index (χ3v) is 9.28. The van der Waals surface area contributed by atoms with Gasteiger partial charge in [0.15, 0.2) is 16.6 Å². The van der Waals surface area contributed by atoms with Crippen molar-refractivity contribution in [3.05, 3.63) is 0 Å². The van der Waals surface area contributed by atoms with E-state index in [2.05, 4.69) is 53.5 Å². The van der Waals surface area contributed by atoms with Gasteiger partial charge in [0.2, 0.25) is 0 Å². The zero-order valence-electron chi connectivity index (χ0n) is 14.5. The first-order valence-electron chi connectivity index (χ1n) is 7.41. The molecule has 0 aliphatic heterocycles. The van der Waals surface area contributed by atoms with Gasteiger partial charge in [0.05, 0.1) is 12.7 Å². The second-order valence-electron chi connectivity index (χ2n) is 7.92. The Morgan fingerprint density at radius 1 is 1.05 bits per heavy atom. The minimum Gasteiger partial charge on any atom is -0.414 e. The monoisotopic (exact) mass is 322 g/mol. The van der Waals surface area contributed by atoms with E-state index in [0.717, 1.165) is 0 Å². The van der Waals surface area contributed by atoms with Gasteiger partial charge in [0, 0.05) is 6.61 Å². The Bertz CT molecular complexity index is 282. The van der Waals surface area contributed by atoms with Crippen LogP contribution in [0.4, 0.5) is 0 Å². The van der Waals surface area contributed by atoms with E-state index >= 15 is 0 Å². The lowest BCUT2D eigenvalue weighted by atomic mass is 10.1. The van der Waals surface area contributed by atoms with E-state index in [4.69, 9.17) is 14.0 Å². The van der Waals surface area contributed by atoms with Crippen LogP contribution >= 0.6 is 0 Å². The van der Waals surface area contributed by atoms with Gasteiger partial charge in [-0.15, -0.1) is 0 Å². The zero-order valence-corrected chi connectivity index (χ0v) is 16.5. The third-order valence-electron chi connectivity index (χ3n) is 3.77. The Hall–Kier alpha value is 0.274. The summed E-state index contributed by atoms with van der Waals surface area (Å²) in [6.07, 6.45) is -0.564. The third kappa shape index (κ3) is 7.33. The van der Waals surface area contributed by atoms with E-state index in [1.807, 2.05) is 0 Å². The summed E-state index contributed by atoms with van der Waals surface area (Å²) in [7, 11) is -3.61. The quantitative estimate of drug-likeness (QED) is 0.675. The number of aliphatic hydroxyl groups excluding tert-OH is 2. The molecule has 0 aliphatic rings. The molecule has 0 fully saturated rings. The van der Waals surface area contributed by atoms with E-state index < -0.39 is 22.7 Å². The maximum Gasteiger partial charge on any atom is 0.192 e. The lowest BCUT2D eigenvalue weighted by Gasteiger charge is -2.38. The van der Waals surface area contributed by atoms with Gasteiger partial charge in [-0.05, 0) is 44.2 Å². The van der Waals surface area contributed by atoms with Gasteiger partial charge in [-0.1, -0.05) is 20.8 Å². The van der Waals surface area contributed by atoms with Crippen LogP contribution < -0.4 is 0 Å². The number of hydrogen-bond donors (Lipinski definition) is 2. The molecule has 0 saturated heterocycles. The van der Waals surface area contributed by atoms with E-state index in [0.29, 0.717) is 6.42 Å².